The quantitative estimate of drug-likeness (QED) is 0.164. The van der Waals surface area contributed by atoms with Crippen LogP contribution < -0.4 is 0 Å². The third-order valence-electron chi connectivity index (χ3n) is 4.86. The van der Waals surface area contributed by atoms with E-state index in [1.807, 2.05) is 0 Å². The number of ether oxygens (including phenoxy) is 1. The molecule has 0 rings (SSSR count). The second-order valence-electron chi connectivity index (χ2n) is 7.36. The third-order valence-corrected chi connectivity index (χ3v) is 4.86. The lowest BCUT2D eigenvalue weighted by atomic mass is 9.89. The Hall–Kier alpha value is -1.65. The lowest BCUT2D eigenvalue weighted by molar-refractivity contribution is -0.447. The molecule has 0 aliphatic heterocycles. The average molecular weight is 558 g/mol. The molecule has 0 aromatic rings. The maximum absolute atomic E-state index is 13.7. The molecule has 0 bridgehead atoms. The number of rotatable bonds is 14. The van der Waals surface area contributed by atoms with Gasteiger partial charge in [0.05, 0.1) is 5.92 Å². The van der Waals surface area contributed by atoms with Gasteiger partial charge in [0, 0.05) is 0 Å². The highest BCUT2D eigenvalue weighted by atomic mass is 19.4. The molecule has 35 heavy (non-hydrogen) atoms. The first-order valence-electron chi connectivity index (χ1n) is 9.44. The van der Waals surface area contributed by atoms with E-state index in [9.17, 15) is 75.0 Å². The third kappa shape index (κ3) is 5.39. The average Bonchev–Trinajstić information content (AvgIpc) is 2.71. The van der Waals surface area contributed by atoms with Crippen LogP contribution in [0.15, 0.2) is 0 Å². The van der Waals surface area contributed by atoms with Gasteiger partial charge in [0.25, 0.3) is 0 Å². The Morgan fingerprint density at radius 2 is 1.09 bits per heavy atom. The lowest BCUT2D eigenvalue weighted by Crippen LogP contribution is -2.74. The van der Waals surface area contributed by atoms with Crippen LogP contribution >= 0.6 is 0 Å². The van der Waals surface area contributed by atoms with Crippen LogP contribution in [-0.4, -0.2) is 60.5 Å². The number of unbranched alkanes of at least 4 members (excludes halogenated alkanes) is 1. The van der Waals surface area contributed by atoms with E-state index in [0.29, 0.717) is 6.42 Å². The summed E-state index contributed by atoms with van der Waals surface area (Å²) in [6.45, 7) is -0.256. The molecular weight excluding hydrogens is 540 g/mol. The van der Waals surface area contributed by atoms with Gasteiger partial charge in [0.15, 0.2) is 6.61 Å². The van der Waals surface area contributed by atoms with E-state index in [4.69, 9.17) is 0 Å². The van der Waals surface area contributed by atoms with Gasteiger partial charge in [-0.1, -0.05) is 26.7 Å². The van der Waals surface area contributed by atoms with Crippen molar-refractivity contribution in [1.82, 2.24) is 0 Å². The van der Waals surface area contributed by atoms with E-state index in [1.54, 1.807) is 6.92 Å². The highest BCUT2D eigenvalue weighted by molar-refractivity contribution is 5.72. The van der Waals surface area contributed by atoms with E-state index in [1.165, 1.54) is 6.92 Å². The van der Waals surface area contributed by atoms with Gasteiger partial charge in [-0.3, -0.25) is 4.79 Å². The highest BCUT2D eigenvalue weighted by Crippen LogP contribution is 2.62. The van der Waals surface area contributed by atoms with Crippen LogP contribution in [0.25, 0.3) is 0 Å². The summed E-state index contributed by atoms with van der Waals surface area (Å²) in [6.07, 6.45) is -5.44. The van der Waals surface area contributed by atoms with Crippen molar-refractivity contribution in [2.75, 3.05) is 6.61 Å². The minimum absolute atomic E-state index is 0.0817. The summed E-state index contributed by atoms with van der Waals surface area (Å²) in [5.74, 6) is -58.2. The molecule has 0 heterocycles. The van der Waals surface area contributed by atoms with Gasteiger partial charge in [0.2, 0.25) is 0 Å². The first-order valence-corrected chi connectivity index (χ1v) is 9.44. The molecule has 0 amide bonds. The fourth-order valence-electron chi connectivity index (χ4n) is 2.48. The monoisotopic (exact) mass is 558 g/mol. The van der Waals surface area contributed by atoms with E-state index >= 15 is 0 Å². The van der Waals surface area contributed by atoms with Crippen molar-refractivity contribution >= 4 is 5.97 Å². The molecule has 0 aromatic carbocycles. The van der Waals surface area contributed by atoms with E-state index < -0.39 is 66.4 Å². The fraction of sp³-hybridized carbons (Fsp3) is 0.941. The molecule has 0 aliphatic carbocycles. The van der Waals surface area contributed by atoms with Crippen LogP contribution in [-0.2, 0) is 9.53 Å². The highest BCUT2D eigenvalue weighted by Gasteiger charge is 2.93. The number of carbonyl (C=O) groups excluding carboxylic acids is 1. The largest absolute Gasteiger partial charge is 0.459 e. The number of alkyl halides is 16. The van der Waals surface area contributed by atoms with Gasteiger partial charge < -0.3 is 4.74 Å². The van der Waals surface area contributed by atoms with E-state index in [2.05, 4.69) is 4.74 Å². The molecule has 0 aliphatic rings. The summed E-state index contributed by atoms with van der Waals surface area (Å²) in [6, 6.07) is 0. The Kier molecular flexibility index (Phi) is 9.89. The molecule has 0 radical (unpaired) electrons. The maximum Gasteiger partial charge on any atom is 0.385 e. The molecule has 0 N–H and O–H groups in total. The van der Waals surface area contributed by atoms with Crippen molar-refractivity contribution in [1.29, 1.82) is 0 Å². The predicted molar refractivity (Wildman–Crippen MR) is 84.9 cm³/mol. The molecule has 0 spiro atoms. The molecule has 210 valence electrons. The molecular formula is C17H18F16O2. The van der Waals surface area contributed by atoms with Crippen molar-refractivity contribution in [3.8, 4) is 0 Å². The van der Waals surface area contributed by atoms with Gasteiger partial charge >= 0.3 is 53.9 Å². The van der Waals surface area contributed by atoms with E-state index in [-0.39, 0.29) is 19.3 Å². The smallest absolute Gasteiger partial charge is 0.385 e. The van der Waals surface area contributed by atoms with Crippen LogP contribution in [0.2, 0.25) is 0 Å². The minimum Gasteiger partial charge on any atom is -0.459 e. The van der Waals surface area contributed by atoms with Crippen molar-refractivity contribution < 1.29 is 79.8 Å². The van der Waals surface area contributed by atoms with Crippen molar-refractivity contribution in [2.45, 2.75) is 87.4 Å². The Morgan fingerprint density at radius 1 is 0.686 bits per heavy atom. The molecule has 18 heteroatoms. The summed E-state index contributed by atoms with van der Waals surface area (Å²) < 4.78 is 215. The second-order valence-corrected chi connectivity index (χ2v) is 7.36. The molecule has 2 nitrogen and oxygen atoms in total. The standard InChI is InChI=1S/C17H18F16O2/c1-3-5-6-8(4-2)9(34)35-7-11(20,21)13(24,25)15(28,29)17(32,33)16(30,31)14(26,27)12(22,23)10(18)19/h8,10H,3-7H2,1-2H3. The normalized spacial score (nSPS) is 16.0. The van der Waals surface area contributed by atoms with E-state index in [0.717, 1.165) is 0 Å². The molecule has 1 atom stereocenters. The van der Waals surface area contributed by atoms with Crippen LogP contribution in [0, 0.1) is 5.92 Å². The van der Waals surface area contributed by atoms with Crippen molar-refractivity contribution in [2.24, 2.45) is 5.92 Å². The van der Waals surface area contributed by atoms with Crippen molar-refractivity contribution in [3.05, 3.63) is 0 Å². The van der Waals surface area contributed by atoms with Crippen LogP contribution in [0.4, 0.5) is 70.2 Å². The molecule has 0 fully saturated rings. The van der Waals surface area contributed by atoms with Gasteiger partial charge in [-0.25, -0.2) is 8.78 Å². The van der Waals surface area contributed by atoms with Gasteiger partial charge in [-0.15, -0.1) is 0 Å². The summed E-state index contributed by atoms with van der Waals surface area (Å²) in [5, 5.41) is 0. The van der Waals surface area contributed by atoms with Gasteiger partial charge in [0.1, 0.15) is 0 Å². The SMILES string of the molecule is CCCCC(CC)C(=O)OCC(F)(F)C(F)(F)C(F)(F)C(F)(F)C(F)(F)C(F)(F)C(F)(F)C(F)F. The Labute approximate surface area is 187 Å². The first-order chi connectivity index (χ1) is 15.3. The van der Waals surface area contributed by atoms with Gasteiger partial charge in [-0.05, 0) is 12.8 Å². The number of carbonyl (C=O) groups is 1. The Morgan fingerprint density at radius 3 is 1.46 bits per heavy atom. The Bertz CT molecular complexity index is 719. The zero-order chi connectivity index (χ0) is 28.5. The summed E-state index contributed by atoms with van der Waals surface area (Å²) in [7, 11) is 0. The summed E-state index contributed by atoms with van der Waals surface area (Å²) in [4.78, 5) is 11.7. The maximum atomic E-state index is 13.7. The van der Waals surface area contributed by atoms with Crippen molar-refractivity contribution in [3.63, 3.8) is 0 Å². The second kappa shape index (κ2) is 10.4. The molecule has 0 saturated heterocycles. The van der Waals surface area contributed by atoms with Crippen LogP contribution in [0.5, 0.6) is 0 Å². The number of halogens is 16. The number of esters is 1. The van der Waals surface area contributed by atoms with Crippen LogP contribution in [0.3, 0.4) is 0 Å². The predicted octanol–water partition coefficient (Wildman–Crippen LogP) is 7.46. The summed E-state index contributed by atoms with van der Waals surface area (Å²) >= 11 is 0. The first kappa shape index (κ1) is 33.4. The zero-order valence-corrected chi connectivity index (χ0v) is 17.6. The minimum atomic E-state index is -8.47. The summed E-state index contributed by atoms with van der Waals surface area (Å²) in [5.41, 5.74) is 0. The number of hydrogen-bond donors (Lipinski definition) is 0. The lowest BCUT2D eigenvalue weighted by Gasteiger charge is -2.42. The zero-order valence-electron chi connectivity index (χ0n) is 17.6. The van der Waals surface area contributed by atoms with Gasteiger partial charge in [-0.2, -0.15) is 61.5 Å². The number of hydrogen-bond acceptors (Lipinski definition) is 2. The fourth-order valence-corrected chi connectivity index (χ4v) is 2.48. The molecule has 0 aromatic heterocycles. The topological polar surface area (TPSA) is 26.3 Å². The molecule has 0 saturated carbocycles. The Balaban J connectivity index is 6.21. The molecule has 1 unspecified atom stereocenters. The van der Waals surface area contributed by atoms with Crippen LogP contribution in [0.1, 0.15) is 39.5 Å².